The zero-order valence-electron chi connectivity index (χ0n) is 12.8. The summed E-state index contributed by atoms with van der Waals surface area (Å²) in [5.41, 5.74) is -0.0300. The van der Waals surface area contributed by atoms with E-state index in [2.05, 4.69) is 14.9 Å². The van der Waals surface area contributed by atoms with E-state index in [1.807, 2.05) is 0 Å². The molecule has 120 valence electrons. The Balaban J connectivity index is 1.34. The predicted octanol–water partition coefficient (Wildman–Crippen LogP) is 1.27. The van der Waals surface area contributed by atoms with Crippen molar-refractivity contribution in [3.05, 3.63) is 18.5 Å². The van der Waals surface area contributed by atoms with Crippen molar-refractivity contribution in [2.24, 2.45) is 0 Å². The predicted molar refractivity (Wildman–Crippen MR) is 79.8 cm³/mol. The van der Waals surface area contributed by atoms with E-state index in [9.17, 15) is 0 Å². The highest BCUT2D eigenvalue weighted by Crippen LogP contribution is 2.37. The number of likely N-dealkylation sites (tertiary alicyclic amines) is 1. The standard InChI is InChI=1S/C16H23N3O3/c1-5-17-15(18-6-1)22-14-10-16(21-11-14)4-7-19(12-16)13-2-8-20-9-3-13/h1,5-6,13-14H,2-4,7-12H2/t14-,16+/m1/s1. The van der Waals surface area contributed by atoms with Gasteiger partial charge in [0.2, 0.25) is 0 Å². The van der Waals surface area contributed by atoms with E-state index < -0.39 is 0 Å². The first-order chi connectivity index (χ1) is 10.8. The van der Waals surface area contributed by atoms with Crippen LogP contribution in [0.25, 0.3) is 0 Å². The van der Waals surface area contributed by atoms with Crippen molar-refractivity contribution in [2.75, 3.05) is 32.9 Å². The van der Waals surface area contributed by atoms with E-state index in [1.54, 1.807) is 18.5 Å². The quantitative estimate of drug-likeness (QED) is 0.838. The van der Waals surface area contributed by atoms with Crippen LogP contribution in [-0.2, 0) is 9.47 Å². The number of ether oxygens (including phenoxy) is 3. The van der Waals surface area contributed by atoms with E-state index in [0.29, 0.717) is 18.7 Å². The summed E-state index contributed by atoms with van der Waals surface area (Å²) < 4.78 is 17.5. The lowest BCUT2D eigenvalue weighted by atomic mass is 9.98. The van der Waals surface area contributed by atoms with Gasteiger partial charge in [-0.2, -0.15) is 0 Å². The molecule has 6 nitrogen and oxygen atoms in total. The molecule has 3 aliphatic heterocycles. The third-order valence-electron chi connectivity index (χ3n) is 5.04. The molecule has 0 amide bonds. The van der Waals surface area contributed by atoms with Gasteiger partial charge in [-0.25, -0.2) is 9.97 Å². The van der Waals surface area contributed by atoms with Gasteiger partial charge >= 0.3 is 6.01 Å². The van der Waals surface area contributed by atoms with Gasteiger partial charge in [0, 0.05) is 51.2 Å². The van der Waals surface area contributed by atoms with E-state index in [0.717, 1.165) is 52.0 Å². The molecule has 22 heavy (non-hydrogen) atoms. The fourth-order valence-corrected chi connectivity index (χ4v) is 3.90. The van der Waals surface area contributed by atoms with E-state index in [-0.39, 0.29) is 11.7 Å². The van der Waals surface area contributed by atoms with E-state index >= 15 is 0 Å². The van der Waals surface area contributed by atoms with Crippen LogP contribution in [0.3, 0.4) is 0 Å². The van der Waals surface area contributed by atoms with Gasteiger partial charge in [-0.05, 0) is 25.3 Å². The Kier molecular flexibility index (Phi) is 3.98. The monoisotopic (exact) mass is 305 g/mol. The summed E-state index contributed by atoms with van der Waals surface area (Å²) in [7, 11) is 0. The fraction of sp³-hybridized carbons (Fsp3) is 0.750. The molecule has 0 aliphatic carbocycles. The van der Waals surface area contributed by atoms with E-state index in [1.165, 1.54) is 0 Å². The highest BCUT2D eigenvalue weighted by Gasteiger charge is 2.47. The van der Waals surface area contributed by atoms with Crippen molar-refractivity contribution in [3.63, 3.8) is 0 Å². The lowest BCUT2D eigenvalue weighted by Crippen LogP contribution is -2.41. The maximum Gasteiger partial charge on any atom is 0.316 e. The number of nitrogens with zero attached hydrogens (tertiary/aromatic N) is 3. The summed E-state index contributed by atoms with van der Waals surface area (Å²) in [6.45, 7) is 4.57. The van der Waals surface area contributed by atoms with Gasteiger partial charge in [0.05, 0.1) is 12.2 Å². The Bertz CT molecular complexity index is 495. The molecule has 0 bridgehead atoms. The van der Waals surface area contributed by atoms with Crippen molar-refractivity contribution in [3.8, 4) is 6.01 Å². The average Bonchev–Trinajstić information content (AvgIpc) is 3.17. The molecule has 0 unspecified atom stereocenters. The summed E-state index contributed by atoms with van der Waals surface area (Å²) in [5, 5.41) is 0. The normalized spacial score (nSPS) is 33.5. The summed E-state index contributed by atoms with van der Waals surface area (Å²) in [6, 6.07) is 2.91. The molecule has 3 fully saturated rings. The van der Waals surface area contributed by atoms with Gasteiger partial charge < -0.3 is 14.2 Å². The molecule has 1 aromatic heterocycles. The van der Waals surface area contributed by atoms with Crippen molar-refractivity contribution >= 4 is 0 Å². The maximum atomic E-state index is 6.15. The van der Waals surface area contributed by atoms with Crippen molar-refractivity contribution < 1.29 is 14.2 Å². The molecular formula is C16H23N3O3. The van der Waals surface area contributed by atoms with Gasteiger partial charge in [0.1, 0.15) is 6.10 Å². The summed E-state index contributed by atoms with van der Waals surface area (Å²) in [5.74, 6) is 0. The topological polar surface area (TPSA) is 56.7 Å². The highest BCUT2D eigenvalue weighted by atomic mass is 16.6. The summed E-state index contributed by atoms with van der Waals surface area (Å²) in [6.07, 6.45) is 7.80. The van der Waals surface area contributed by atoms with Crippen LogP contribution in [0.1, 0.15) is 25.7 Å². The summed E-state index contributed by atoms with van der Waals surface area (Å²) in [4.78, 5) is 10.9. The minimum absolute atomic E-state index is 0.0300. The SMILES string of the molecule is c1cnc(O[C@H]2CO[C@@]3(CCN(C4CCOCC4)C3)C2)nc1. The number of aromatic nitrogens is 2. The molecule has 4 heterocycles. The molecule has 1 spiro atoms. The van der Waals surface area contributed by atoms with Gasteiger partial charge in [-0.15, -0.1) is 0 Å². The molecular weight excluding hydrogens is 282 g/mol. The van der Waals surface area contributed by atoms with Crippen molar-refractivity contribution in [2.45, 2.75) is 43.4 Å². The minimum atomic E-state index is -0.0300. The first-order valence-corrected chi connectivity index (χ1v) is 8.22. The zero-order valence-corrected chi connectivity index (χ0v) is 12.8. The highest BCUT2D eigenvalue weighted by molar-refractivity contribution is 5.02. The van der Waals surface area contributed by atoms with Gasteiger partial charge in [0.25, 0.3) is 0 Å². The zero-order chi connectivity index (χ0) is 14.8. The molecule has 0 aromatic carbocycles. The summed E-state index contributed by atoms with van der Waals surface area (Å²) >= 11 is 0. The van der Waals surface area contributed by atoms with Crippen LogP contribution in [0.15, 0.2) is 18.5 Å². The lowest BCUT2D eigenvalue weighted by molar-refractivity contribution is -0.00468. The second-order valence-corrected chi connectivity index (χ2v) is 6.53. The van der Waals surface area contributed by atoms with Crippen LogP contribution >= 0.6 is 0 Å². The first kappa shape index (κ1) is 14.4. The number of rotatable bonds is 3. The first-order valence-electron chi connectivity index (χ1n) is 8.22. The lowest BCUT2D eigenvalue weighted by Gasteiger charge is -2.32. The molecule has 3 aliphatic rings. The van der Waals surface area contributed by atoms with Crippen molar-refractivity contribution in [1.29, 1.82) is 0 Å². The second kappa shape index (κ2) is 6.10. The number of hydrogen-bond acceptors (Lipinski definition) is 6. The average molecular weight is 305 g/mol. The Morgan fingerprint density at radius 1 is 1.23 bits per heavy atom. The Hall–Kier alpha value is -1.24. The van der Waals surface area contributed by atoms with Gasteiger partial charge in [-0.3, -0.25) is 4.90 Å². The molecule has 0 N–H and O–H groups in total. The second-order valence-electron chi connectivity index (χ2n) is 6.53. The minimum Gasteiger partial charge on any atom is -0.458 e. The molecule has 2 atom stereocenters. The number of hydrogen-bond donors (Lipinski definition) is 0. The Labute approximate surface area is 130 Å². The third-order valence-corrected chi connectivity index (χ3v) is 5.04. The molecule has 0 radical (unpaired) electrons. The van der Waals surface area contributed by atoms with Crippen molar-refractivity contribution in [1.82, 2.24) is 14.9 Å². The third kappa shape index (κ3) is 2.95. The molecule has 1 aromatic rings. The van der Waals surface area contributed by atoms with E-state index in [4.69, 9.17) is 14.2 Å². The maximum absolute atomic E-state index is 6.15. The van der Waals surface area contributed by atoms with Crippen LogP contribution in [0.5, 0.6) is 6.01 Å². The van der Waals surface area contributed by atoms with Gasteiger partial charge in [0.15, 0.2) is 0 Å². The van der Waals surface area contributed by atoms with Crippen LogP contribution in [0, 0.1) is 0 Å². The fourth-order valence-electron chi connectivity index (χ4n) is 3.90. The van der Waals surface area contributed by atoms with Crippen LogP contribution in [-0.4, -0.2) is 65.5 Å². The van der Waals surface area contributed by atoms with Crippen LogP contribution in [0.2, 0.25) is 0 Å². The Morgan fingerprint density at radius 3 is 2.86 bits per heavy atom. The molecule has 3 saturated heterocycles. The van der Waals surface area contributed by atoms with Crippen LogP contribution < -0.4 is 4.74 Å². The molecule has 0 saturated carbocycles. The smallest absolute Gasteiger partial charge is 0.316 e. The Morgan fingerprint density at radius 2 is 2.05 bits per heavy atom. The van der Waals surface area contributed by atoms with Gasteiger partial charge in [-0.1, -0.05) is 0 Å². The largest absolute Gasteiger partial charge is 0.458 e. The molecule has 6 heteroatoms. The van der Waals surface area contributed by atoms with Crippen LogP contribution in [0.4, 0.5) is 0 Å². The molecule has 4 rings (SSSR count).